The average Bonchev–Trinajstić information content (AvgIpc) is 2.86. The maximum atomic E-state index is 13.4. The lowest BCUT2D eigenvalue weighted by Gasteiger charge is -2.33. The summed E-state index contributed by atoms with van der Waals surface area (Å²) in [5, 5.41) is 3.80. The Bertz CT molecular complexity index is 1240. The van der Waals surface area contributed by atoms with E-state index < -0.39 is 0 Å². The van der Waals surface area contributed by atoms with Gasteiger partial charge in [0.05, 0.1) is 11.9 Å². The number of carbonyl (C=O) groups excluding carboxylic acids is 1. The number of aromatic nitrogens is 4. The molecule has 35 heavy (non-hydrogen) atoms. The molecule has 1 amide bonds. The fraction of sp³-hybridized carbons (Fsp3) is 0.480. The third-order valence-corrected chi connectivity index (χ3v) is 6.57. The molecule has 0 saturated carbocycles. The van der Waals surface area contributed by atoms with Gasteiger partial charge in [0.25, 0.3) is 11.5 Å². The van der Waals surface area contributed by atoms with Crippen molar-refractivity contribution in [2.24, 2.45) is 0 Å². The zero-order valence-corrected chi connectivity index (χ0v) is 21.2. The minimum absolute atomic E-state index is 0.0799. The summed E-state index contributed by atoms with van der Waals surface area (Å²) in [5.74, 6) is 0.643. The van der Waals surface area contributed by atoms with Gasteiger partial charge in [-0.2, -0.15) is 4.98 Å². The van der Waals surface area contributed by atoms with Crippen LogP contribution in [0.4, 0.5) is 17.5 Å². The largest absolute Gasteiger partial charge is 0.368 e. The number of rotatable bonds is 7. The lowest BCUT2D eigenvalue weighted by molar-refractivity contribution is 0.0825. The van der Waals surface area contributed by atoms with Gasteiger partial charge in [0.15, 0.2) is 0 Å². The van der Waals surface area contributed by atoms with Gasteiger partial charge in [-0.1, -0.05) is 13.8 Å². The number of amides is 1. The summed E-state index contributed by atoms with van der Waals surface area (Å²) >= 11 is 0. The van der Waals surface area contributed by atoms with Crippen LogP contribution in [0.5, 0.6) is 0 Å². The van der Waals surface area contributed by atoms with Crippen LogP contribution < -0.4 is 15.8 Å². The molecule has 1 aliphatic rings. The fourth-order valence-electron chi connectivity index (χ4n) is 4.39. The summed E-state index contributed by atoms with van der Waals surface area (Å²) in [6.45, 7) is 8.07. The summed E-state index contributed by atoms with van der Waals surface area (Å²) in [5.41, 5.74) is 1.39. The number of piperazine rings is 1. The number of hydrogen-bond donors (Lipinski definition) is 1. The van der Waals surface area contributed by atoms with E-state index in [1.165, 1.54) is 4.90 Å². The first kappa shape index (κ1) is 24.6. The summed E-state index contributed by atoms with van der Waals surface area (Å²) in [6, 6.07) is 5.46. The van der Waals surface area contributed by atoms with Gasteiger partial charge >= 0.3 is 0 Å². The van der Waals surface area contributed by atoms with Crippen LogP contribution in [0.2, 0.25) is 0 Å². The first-order chi connectivity index (χ1) is 16.8. The smallest absolute Gasteiger partial charge is 0.265 e. The Kier molecular flexibility index (Phi) is 7.30. The van der Waals surface area contributed by atoms with Crippen molar-refractivity contribution >= 4 is 34.4 Å². The van der Waals surface area contributed by atoms with Crippen molar-refractivity contribution in [3.8, 4) is 0 Å². The van der Waals surface area contributed by atoms with Crippen molar-refractivity contribution in [3.05, 3.63) is 46.5 Å². The van der Waals surface area contributed by atoms with E-state index in [2.05, 4.69) is 37.1 Å². The highest BCUT2D eigenvalue weighted by atomic mass is 16.2. The predicted octanol–water partition coefficient (Wildman–Crippen LogP) is 2.74. The zero-order valence-electron chi connectivity index (χ0n) is 21.2. The number of nitrogens with zero attached hydrogens (tertiary/aromatic N) is 7. The average molecular weight is 479 g/mol. The van der Waals surface area contributed by atoms with Crippen LogP contribution in [0.3, 0.4) is 0 Å². The van der Waals surface area contributed by atoms with Gasteiger partial charge in [-0.05, 0) is 38.1 Å². The number of likely N-dealkylation sites (N-methyl/N-ethyl adjacent to an activating group) is 1. The minimum atomic E-state index is -0.330. The number of fused-ring (bicyclic) bond motifs is 1. The molecule has 0 bridgehead atoms. The highest BCUT2D eigenvalue weighted by Gasteiger charge is 2.22. The Labute approximate surface area is 205 Å². The zero-order chi connectivity index (χ0) is 25.1. The Morgan fingerprint density at radius 3 is 2.40 bits per heavy atom. The number of anilines is 3. The molecule has 186 valence electrons. The topological polar surface area (TPSA) is 99.5 Å². The molecule has 10 heteroatoms. The maximum absolute atomic E-state index is 13.4. The second-order valence-electron chi connectivity index (χ2n) is 9.19. The molecule has 0 atom stereocenters. The van der Waals surface area contributed by atoms with Gasteiger partial charge in [0.2, 0.25) is 5.95 Å². The summed E-state index contributed by atoms with van der Waals surface area (Å²) < 4.78 is 1.64. The number of hydrogen-bond acceptors (Lipinski definition) is 8. The molecule has 4 heterocycles. The molecule has 3 aromatic rings. The van der Waals surface area contributed by atoms with Crippen LogP contribution in [0.25, 0.3) is 11.0 Å². The highest BCUT2D eigenvalue weighted by molar-refractivity contribution is 5.96. The molecule has 0 spiro atoms. The Balaban J connectivity index is 1.67. The van der Waals surface area contributed by atoms with E-state index in [-0.39, 0.29) is 23.1 Å². The lowest BCUT2D eigenvalue weighted by atomic mass is 10.1. The Morgan fingerprint density at radius 1 is 1.09 bits per heavy atom. The molecule has 0 aliphatic carbocycles. The third kappa shape index (κ3) is 5.12. The van der Waals surface area contributed by atoms with Crippen molar-refractivity contribution in [1.29, 1.82) is 0 Å². The second kappa shape index (κ2) is 10.4. The van der Waals surface area contributed by atoms with Gasteiger partial charge in [-0.25, -0.2) is 9.97 Å². The van der Waals surface area contributed by atoms with Crippen LogP contribution in [-0.4, -0.2) is 82.5 Å². The van der Waals surface area contributed by atoms with Gasteiger partial charge < -0.3 is 20.0 Å². The van der Waals surface area contributed by atoms with Gasteiger partial charge in [-0.15, -0.1) is 0 Å². The van der Waals surface area contributed by atoms with Crippen LogP contribution >= 0.6 is 0 Å². The Hall–Kier alpha value is -3.53. The Morgan fingerprint density at radius 2 is 1.80 bits per heavy atom. The van der Waals surface area contributed by atoms with Gasteiger partial charge in [-0.3, -0.25) is 14.2 Å². The normalized spacial score (nSPS) is 14.5. The molecule has 3 aromatic heterocycles. The molecule has 1 N–H and O–H groups in total. The predicted molar refractivity (Wildman–Crippen MR) is 139 cm³/mol. The van der Waals surface area contributed by atoms with Crippen LogP contribution in [-0.2, 0) is 0 Å². The van der Waals surface area contributed by atoms with E-state index in [4.69, 9.17) is 0 Å². The number of carbonyl (C=O) groups is 1. The van der Waals surface area contributed by atoms with E-state index in [0.717, 1.165) is 44.7 Å². The van der Waals surface area contributed by atoms with E-state index in [0.29, 0.717) is 22.8 Å². The standard InChI is InChI=1S/C25H34N8O2/c1-6-18(7-2)33-22-17(14-20(24(33)35)23(34)30(3)4)15-27-25(29-22)28-21-9-8-19(16-26-21)32-12-10-31(5)11-13-32/h8-9,14-16,18H,6-7,10-13H2,1-5H3,(H,26,27,28,29). The molecule has 4 rings (SSSR count). The molecule has 1 saturated heterocycles. The first-order valence-corrected chi connectivity index (χ1v) is 12.1. The molecular weight excluding hydrogens is 444 g/mol. The van der Waals surface area contributed by atoms with Gasteiger partial charge in [0, 0.05) is 57.9 Å². The summed E-state index contributed by atoms with van der Waals surface area (Å²) in [4.78, 5) is 45.8. The number of pyridine rings is 2. The maximum Gasteiger partial charge on any atom is 0.265 e. The molecular formula is C25H34N8O2. The monoisotopic (exact) mass is 478 g/mol. The minimum Gasteiger partial charge on any atom is -0.368 e. The quantitative estimate of drug-likeness (QED) is 0.553. The summed E-state index contributed by atoms with van der Waals surface area (Å²) in [6.07, 6.45) is 4.99. The van der Waals surface area contributed by atoms with Crippen molar-refractivity contribution < 1.29 is 4.79 Å². The van der Waals surface area contributed by atoms with Crippen molar-refractivity contribution in [1.82, 2.24) is 29.3 Å². The molecule has 1 aliphatic heterocycles. The molecule has 0 aromatic carbocycles. The first-order valence-electron chi connectivity index (χ1n) is 12.1. The van der Waals surface area contributed by atoms with E-state index in [1.54, 1.807) is 30.9 Å². The van der Waals surface area contributed by atoms with E-state index >= 15 is 0 Å². The number of nitrogens with one attached hydrogen (secondary N) is 1. The second-order valence-corrected chi connectivity index (χ2v) is 9.19. The van der Waals surface area contributed by atoms with Crippen molar-refractivity contribution in [2.75, 3.05) is 57.5 Å². The van der Waals surface area contributed by atoms with Crippen molar-refractivity contribution in [2.45, 2.75) is 32.7 Å². The van der Waals surface area contributed by atoms with Crippen LogP contribution in [0, 0.1) is 0 Å². The third-order valence-electron chi connectivity index (χ3n) is 6.57. The van der Waals surface area contributed by atoms with E-state index in [9.17, 15) is 9.59 Å². The van der Waals surface area contributed by atoms with Crippen LogP contribution in [0.1, 0.15) is 43.1 Å². The van der Waals surface area contributed by atoms with Crippen LogP contribution in [0.15, 0.2) is 35.4 Å². The highest BCUT2D eigenvalue weighted by Crippen LogP contribution is 2.23. The SMILES string of the molecule is CCC(CC)n1c(=O)c(C(=O)N(C)C)cc2cnc(Nc3ccc(N4CCN(C)CC4)cn3)nc21. The van der Waals surface area contributed by atoms with E-state index in [1.807, 2.05) is 32.2 Å². The molecule has 10 nitrogen and oxygen atoms in total. The van der Waals surface area contributed by atoms with Gasteiger partial charge in [0.1, 0.15) is 17.0 Å². The molecule has 0 radical (unpaired) electrons. The summed E-state index contributed by atoms with van der Waals surface area (Å²) in [7, 11) is 5.41. The molecule has 1 fully saturated rings. The fourth-order valence-corrected chi connectivity index (χ4v) is 4.39. The van der Waals surface area contributed by atoms with Crippen molar-refractivity contribution in [3.63, 3.8) is 0 Å². The molecule has 0 unspecified atom stereocenters. The lowest BCUT2D eigenvalue weighted by Crippen LogP contribution is -2.44.